The molecule has 5 aromatic rings. The van der Waals surface area contributed by atoms with E-state index in [9.17, 15) is 9.59 Å². The fourth-order valence-corrected chi connectivity index (χ4v) is 5.27. The van der Waals surface area contributed by atoms with Crippen molar-refractivity contribution in [2.45, 2.75) is 44.6 Å². The molecule has 36 heavy (non-hydrogen) atoms. The van der Waals surface area contributed by atoms with Crippen molar-refractivity contribution in [3.63, 3.8) is 0 Å². The quantitative estimate of drug-likeness (QED) is 0.395. The Morgan fingerprint density at radius 2 is 1.72 bits per heavy atom. The second-order valence-electron chi connectivity index (χ2n) is 9.37. The van der Waals surface area contributed by atoms with Gasteiger partial charge in [-0.25, -0.2) is 14.9 Å². The molecule has 0 atom stereocenters. The maximum Gasteiger partial charge on any atom is 0.329 e. The first-order chi connectivity index (χ1) is 17.6. The molecule has 6 rings (SSSR count). The number of hydrogen-bond donors (Lipinski definition) is 2. The van der Waals surface area contributed by atoms with Gasteiger partial charge in [-0.05, 0) is 40.0 Å². The topological polar surface area (TPSA) is 127 Å². The van der Waals surface area contributed by atoms with Crippen LogP contribution in [0.25, 0.3) is 33.7 Å². The Morgan fingerprint density at radius 3 is 2.44 bits per heavy atom. The predicted molar refractivity (Wildman–Crippen MR) is 136 cm³/mol. The molecule has 3 aromatic heterocycles. The molecular weight excluding hydrogens is 456 g/mol. The summed E-state index contributed by atoms with van der Waals surface area (Å²) in [5.41, 5.74) is 4.07. The van der Waals surface area contributed by atoms with Crippen LogP contribution in [0.4, 0.5) is 0 Å². The summed E-state index contributed by atoms with van der Waals surface area (Å²) in [5, 5.41) is 14.3. The summed E-state index contributed by atoms with van der Waals surface area (Å²) < 4.78 is 3.44. The summed E-state index contributed by atoms with van der Waals surface area (Å²) in [7, 11) is 1.65. The highest BCUT2D eigenvalue weighted by Crippen LogP contribution is 2.34. The minimum absolute atomic E-state index is 0.280. The SMILES string of the molecule is Cn1c(=O)[nH]c(=O)c2c1nc(C1CCCCC1)n2Cc1ccc(-c2ccccc2-c2nnn[nH]2)cc1. The number of nitrogens with one attached hydrogen (secondary N) is 2. The molecule has 10 nitrogen and oxygen atoms in total. The normalized spacial score (nSPS) is 14.5. The fourth-order valence-electron chi connectivity index (χ4n) is 5.27. The van der Waals surface area contributed by atoms with Gasteiger partial charge in [-0.15, -0.1) is 5.10 Å². The van der Waals surface area contributed by atoms with Crippen molar-refractivity contribution in [1.29, 1.82) is 0 Å². The van der Waals surface area contributed by atoms with Gasteiger partial charge >= 0.3 is 5.69 Å². The second-order valence-corrected chi connectivity index (χ2v) is 9.37. The Labute approximate surface area is 206 Å². The first-order valence-corrected chi connectivity index (χ1v) is 12.2. The number of nitrogens with zero attached hydrogens (tertiary/aromatic N) is 6. The Kier molecular flexibility index (Phi) is 5.55. The highest BCUT2D eigenvalue weighted by molar-refractivity contribution is 5.80. The number of rotatable bonds is 5. The van der Waals surface area contributed by atoms with Crippen LogP contribution in [0.15, 0.2) is 58.1 Å². The molecule has 0 saturated heterocycles. The van der Waals surface area contributed by atoms with Crippen molar-refractivity contribution in [2.75, 3.05) is 0 Å². The number of tetrazole rings is 1. The summed E-state index contributed by atoms with van der Waals surface area (Å²) in [6.07, 6.45) is 5.61. The first kappa shape index (κ1) is 22.1. The Bertz CT molecular complexity index is 1640. The van der Waals surface area contributed by atoms with Crippen molar-refractivity contribution < 1.29 is 0 Å². The molecule has 182 valence electrons. The van der Waals surface area contributed by atoms with Crippen LogP contribution in [-0.2, 0) is 13.6 Å². The average molecular weight is 483 g/mol. The number of H-pyrrole nitrogens is 2. The van der Waals surface area contributed by atoms with E-state index in [-0.39, 0.29) is 5.92 Å². The van der Waals surface area contributed by atoms with Gasteiger partial charge < -0.3 is 4.57 Å². The molecule has 0 amide bonds. The molecular formula is C26H26N8O2. The molecule has 0 radical (unpaired) electrons. The highest BCUT2D eigenvalue weighted by Gasteiger charge is 2.25. The molecule has 0 unspecified atom stereocenters. The van der Waals surface area contributed by atoms with Crippen LogP contribution in [0.1, 0.15) is 49.4 Å². The summed E-state index contributed by atoms with van der Waals surface area (Å²) in [6.45, 7) is 0.498. The van der Waals surface area contributed by atoms with Crippen molar-refractivity contribution in [1.82, 2.24) is 39.7 Å². The minimum atomic E-state index is -0.447. The molecule has 2 aromatic carbocycles. The maximum absolute atomic E-state index is 12.9. The van der Waals surface area contributed by atoms with Crippen molar-refractivity contribution in [3.8, 4) is 22.5 Å². The summed E-state index contributed by atoms with van der Waals surface area (Å²) >= 11 is 0. The second kappa shape index (κ2) is 9.03. The van der Waals surface area contributed by atoms with Gasteiger partial charge in [0.25, 0.3) is 5.56 Å². The van der Waals surface area contributed by atoms with Gasteiger partial charge in [0.15, 0.2) is 17.0 Å². The molecule has 1 saturated carbocycles. The van der Waals surface area contributed by atoms with E-state index >= 15 is 0 Å². The fraction of sp³-hybridized carbons (Fsp3) is 0.308. The monoisotopic (exact) mass is 482 g/mol. The lowest BCUT2D eigenvalue weighted by Gasteiger charge is -2.22. The van der Waals surface area contributed by atoms with E-state index in [1.54, 1.807) is 7.05 Å². The zero-order valence-electron chi connectivity index (χ0n) is 19.9. The lowest BCUT2D eigenvalue weighted by atomic mass is 9.88. The third-order valence-electron chi connectivity index (χ3n) is 7.14. The van der Waals surface area contributed by atoms with Crippen LogP contribution in [0.3, 0.4) is 0 Å². The molecule has 0 spiro atoms. The van der Waals surface area contributed by atoms with Crippen LogP contribution in [0.2, 0.25) is 0 Å². The molecule has 0 aliphatic heterocycles. The largest absolute Gasteiger partial charge is 0.329 e. The smallest absolute Gasteiger partial charge is 0.317 e. The van der Waals surface area contributed by atoms with Gasteiger partial charge in [-0.3, -0.25) is 14.3 Å². The van der Waals surface area contributed by atoms with Crippen LogP contribution in [0.5, 0.6) is 0 Å². The molecule has 2 N–H and O–H groups in total. The van der Waals surface area contributed by atoms with E-state index in [4.69, 9.17) is 4.98 Å². The van der Waals surface area contributed by atoms with E-state index in [2.05, 4.69) is 49.9 Å². The summed E-state index contributed by atoms with van der Waals surface area (Å²) in [4.78, 5) is 32.4. The van der Waals surface area contributed by atoms with Crippen molar-refractivity contribution >= 4 is 11.2 Å². The number of aryl methyl sites for hydroxylation is 1. The zero-order valence-corrected chi connectivity index (χ0v) is 19.9. The third-order valence-corrected chi connectivity index (χ3v) is 7.14. The van der Waals surface area contributed by atoms with Gasteiger partial charge in [0.1, 0.15) is 5.82 Å². The minimum Gasteiger partial charge on any atom is -0.317 e. The predicted octanol–water partition coefficient (Wildman–Crippen LogP) is 3.37. The van der Waals surface area contributed by atoms with E-state index in [1.807, 2.05) is 28.8 Å². The van der Waals surface area contributed by atoms with E-state index < -0.39 is 11.2 Å². The van der Waals surface area contributed by atoms with E-state index in [0.29, 0.717) is 23.5 Å². The van der Waals surface area contributed by atoms with E-state index in [0.717, 1.165) is 53.8 Å². The zero-order chi connectivity index (χ0) is 24.6. The number of aromatic nitrogens is 8. The van der Waals surface area contributed by atoms with Crippen LogP contribution in [0, 0.1) is 0 Å². The number of fused-ring (bicyclic) bond motifs is 1. The van der Waals surface area contributed by atoms with Gasteiger partial charge in [0.2, 0.25) is 0 Å². The average Bonchev–Trinajstić information content (AvgIpc) is 3.58. The van der Waals surface area contributed by atoms with Gasteiger partial charge in [0.05, 0.1) is 0 Å². The lowest BCUT2D eigenvalue weighted by molar-refractivity contribution is 0.420. The standard InChI is InChI=1S/C26H26N8O2/c1-33-24-21(25(35)28-26(33)36)34(23(27-24)18-7-3-2-4-8-18)15-16-11-13-17(14-12-16)19-9-5-6-10-20(19)22-29-31-32-30-22/h5-6,9-14,18H,2-4,7-8,15H2,1H3,(H,28,35,36)(H,29,30,31,32). The molecule has 1 aliphatic carbocycles. The highest BCUT2D eigenvalue weighted by atomic mass is 16.2. The summed E-state index contributed by atoms with van der Waals surface area (Å²) in [6, 6.07) is 16.2. The van der Waals surface area contributed by atoms with Gasteiger partial charge in [-0.1, -0.05) is 67.8 Å². The van der Waals surface area contributed by atoms with Crippen molar-refractivity contribution in [2.24, 2.45) is 7.05 Å². The van der Waals surface area contributed by atoms with Crippen molar-refractivity contribution in [3.05, 3.63) is 80.8 Å². The van der Waals surface area contributed by atoms with Crippen LogP contribution in [-0.4, -0.2) is 39.7 Å². The van der Waals surface area contributed by atoms with Gasteiger partial charge in [0, 0.05) is 25.1 Å². The number of imidazole rings is 1. The molecule has 1 aliphatic rings. The Hall–Kier alpha value is -4.34. The maximum atomic E-state index is 12.9. The Morgan fingerprint density at radius 1 is 0.972 bits per heavy atom. The number of benzene rings is 2. The first-order valence-electron chi connectivity index (χ1n) is 12.2. The summed E-state index contributed by atoms with van der Waals surface area (Å²) in [5.74, 6) is 1.78. The molecule has 0 bridgehead atoms. The van der Waals surface area contributed by atoms with Gasteiger partial charge in [-0.2, -0.15) is 0 Å². The lowest BCUT2D eigenvalue weighted by Crippen LogP contribution is -2.29. The number of hydrogen-bond acceptors (Lipinski definition) is 6. The molecule has 1 fully saturated rings. The third kappa shape index (κ3) is 3.84. The number of aromatic amines is 2. The molecule has 3 heterocycles. The Balaban J connectivity index is 1.40. The van der Waals surface area contributed by atoms with E-state index in [1.165, 1.54) is 11.0 Å². The molecule has 10 heteroatoms. The van der Waals surface area contributed by atoms with Crippen LogP contribution < -0.4 is 11.2 Å². The van der Waals surface area contributed by atoms with Crippen LogP contribution >= 0.6 is 0 Å².